The zero-order valence-corrected chi connectivity index (χ0v) is 17.6. The Morgan fingerprint density at radius 2 is 1.83 bits per heavy atom. The summed E-state index contributed by atoms with van der Waals surface area (Å²) in [5, 5.41) is 6.43. The van der Waals surface area contributed by atoms with Crippen LogP contribution in [0.25, 0.3) is 0 Å². The van der Waals surface area contributed by atoms with Crippen LogP contribution in [0.5, 0.6) is 0 Å². The largest absolute Gasteiger partial charge is 0.469 e. The number of hydrogen-bond donors (Lipinski definition) is 1. The van der Waals surface area contributed by atoms with E-state index in [1.807, 2.05) is 37.3 Å². The van der Waals surface area contributed by atoms with Crippen molar-refractivity contribution in [3.63, 3.8) is 0 Å². The van der Waals surface area contributed by atoms with Crippen LogP contribution in [0.3, 0.4) is 0 Å². The minimum absolute atomic E-state index is 0. The van der Waals surface area contributed by atoms with Gasteiger partial charge in [0.1, 0.15) is 12.7 Å². The van der Waals surface area contributed by atoms with Crippen molar-refractivity contribution in [3.05, 3.63) is 30.3 Å². The molecule has 2 aliphatic rings. The molecule has 1 aromatic carbocycles. The lowest BCUT2D eigenvalue weighted by Gasteiger charge is -2.32. The lowest BCUT2D eigenvalue weighted by molar-refractivity contribution is -0.142. The molecule has 160 valence electrons. The number of carbonyl (C=O) groups is 3. The number of piperazine rings is 1. The van der Waals surface area contributed by atoms with E-state index in [1.165, 1.54) is 12.1 Å². The molecule has 0 aromatic heterocycles. The number of anilines is 1. The Morgan fingerprint density at radius 1 is 1.17 bits per heavy atom. The van der Waals surface area contributed by atoms with Gasteiger partial charge in [0.2, 0.25) is 5.91 Å². The fourth-order valence-corrected chi connectivity index (χ4v) is 3.56. The summed E-state index contributed by atoms with van der Waals surface area (Å²) in [5.74, 6) is -0.453. The number of benzene rings is 1. The smallest absolute Gasteiger partial charge is 0.340 e. The van der Waals surface area contributed by atoms with E-state index in [0.717, 1.165) is 18.8 Å². The molecule has 0 radical (unpaired) electrons. The standard InChI is InChI=1S/C19H27N5O4.ClH/c1-15-22(11-8-18(26)28-2)23(14-17(25)21-12-9-20-10-13-21)19(27)24(15)16-6-4-3-5-7-16;/h3-7,15,20H,8-14H2,1-2H3;1H. The first-order valence-corrected chi connectivity index (χ1v) is 9.50. The molecule has 3 amide bonds. The molecule has 9 nitrogen and oxygen atoms in total. The number of para-hydroxylation sites is 1. The van der Waals surface area contributed by atoms with Crippen LogP contribution in [0.1, 0.15) is 13.3 Å². The van der Waals surface area contributed by atoms with Gasteiger partial charge in [0.05, 0.1) is 13.5 Å². The van der Waals surface area contributed by atoms with E-state index in [-0.39, 0.29) is 56.0 Å². The second kappa shape index (κ2) is 10.4. The van der Waals surface area contributed by atoms with E-state index >= 15 is 0 Å². The summed E-state index contributed by atoms with van der Waals surface area (Å²) in [6.45, 7) is 4.88. The first-order chi connectivity index (χ1) is 13.5. The van der Waals surface area contributed by atoms with Crippen LogP contribution in [-0.4, -0.2) is 85.4 Å². The molecule has 2 aliphatic heterocycles. The fraction of sp³-hybridized carbons (Fsp3) is 0.526. The summed E-state index contributed by atoms with van der Waals surface area (Å²) >= 11 is 0. The summed E-state index contributed by atoms with van der Waals surface area (Å²) < 4.78 is 4.73. The third-order valence-electron chi connectivity index (χ3n) is 5.10. The van der Waals surface area contributed by atoms with Gasteiger partial charge in [-0.25, -0.2) is 9.80 Å². The third kappa shape index (κ3) is 5.17. The zero-order valence-electron chi connectivity index (χ0n) is 16.7. The summed E-state index contributed by atoms with van der Waals surface area (Å²) in [6, 6.07) is 9.05. The monoisotopic (exact) mass is 425 g/mol. The summed E-state index contributed by atoms with van der Waals surface area (Å²) in [6.07, 6.45) is -0.190. The third-order valence-corrected chi connectivity index (χ3v) is 5.10. The molecular weight excluding hydrogens is 398 g/mol. The molecule has 3 rings (SSSR count). The Hall–Kier alpha value is -2.36. The van der Waals surface area contributed by atoms with Gasteiger partial charge in [-0.05, 0) is 19.1 Å². The predicted molar refractivity (Wildman–Crippen MR) is 111 cm³/mol. The van der Waals surface area contributed by atoms with Crippen molar-refractivity contribution >= 4 is 36.0 Å². The molecule has 2 fully saturated rings. The van der Waals surface area contributed by atoms with Crippen LogP contribution in [0.4, 0.5) is 10.5 Å². The average Bonchev–Trinajstić information content (AvgIpc) is 2.96. The van der Waals surface area contributed by atoms with Gasteiger partial charge < -0.3 is 15.0 Å². The highest BCUT2D eigenvalue weighted by Crippen LogP contribution is 2.28. The summed E-state index contributed by atoms with van der Waals surface area (Å²) in [4.78, 5) is 41.0. The van der Waals surface area contributed by atoms with E-state index in [0.29, 0.717) is 13.1 Å². The number of rotatable bonds is 6. The van der Waals surface area contributed by atoms with E-state index in [1.54, 1.807) is 14.8 Å². The Labute approximate surface area is 176 Å². The second-order valence-corrected chi connectivity index (χ2v) is 6.80. The first-order valence-electron chi connectivity index (χ1n) is 9.50. The van der Waals surface area contributed by atoms with Crippen molar-refractivity contribution in [2.45, 2.75) is 19.5 Å². The molecule has 0 bridgehead atoms. The van der Waals surface area contributed by atoms with Crippen molar-refractivity contribution in [1.82, 2.24) is 20.2 Å². The van der Waals surface area contributed by atoms with E-state index < -0.39 is 0 Å². The highest BCUT2D eigenvalue weighted by atomic mass is 35.5. The number of halogens is 1. The van der Waals surface area contributed by atoms with Crippen LogP contribution in [-0.2, 0) is 14.3 Å². The number of esters is 1. The number of amides is 3. The lowest BCUT2D eigenvalue weighted by Crippen LogP contribution is -2.52. The molecule has 0 saturated carbocycles. The number of urea groups is 1. The van der Waals surface area contributed by atoms with Gasteiger partial charge in [-0.2, -0.15) is 5.01 Å². The molecule has 0 spiro atoms. The van der Waals surface area contributed by atoms with Gasteiger partial charge in [-0.1, -0.05) is 18.2 Å². The number of nitrogens with zero attached hydrogens (tertiary/aromatic N) is 4. The molecular formula is C19H28ClN5O4. The maximum absolute atomic E-state index is 13.2. The maximum Gasteiger partial charge on any atom is 0.340 e. The Bertz CT molecular complexity index is 714. The van der Waals surface area contributed by atoms with Gasteiger partial charge in [0, 0.05) is 38.4 Å². The Kier molecular flexibility index (Phi) is 8.24. The van der Waals surface area contributed by atoms with Gasteiger partial charge in [0.15, 0.2) is 0 Å². The quantitative estimate of drug-likeness (QED) is 0.682. The molecule has 1 unspecified atom stereocenters. The molecule has 10 heteroatoms. The molecule has 1 aromatic rings. The number of methoxy groups -OCH3 is 1. The van der Waals surface area contributed by atoms with Crippen LogP contribution in [0.2, 0.25) is 0 Å². The van der Waals surface area contributed by atoms with Crippen molar-refractivity contribution in [3.8, 4) is 0 Å². The van der Waals surface area contributed by atoms with Crippen molar-refractivity contribution in [2.24, 2.45) is 0 Å². The van der Waals surface area contributed by atoms with E-state index in [9.17, 15) is 14.4 Å². The lowest BCUT2D eigenvalue weighted by atomic mass is 10.3. The second-order valence-electron chi connectivity index (χ2n) is 6.80. The molecule has 2 saturated heterocycles. The molecule has 29 heavy (non-hydrogen) atoms. The van der Waals surface area contributed by atoms with Gasteiger partial charge in [0.25, 0.3) is 0 Å². The number of nitrogens with one attached hydrogen (secondary N) is 1. The average molecular weight is 426 g/mol. The van der Waals surface area contributed by atoms with Crippen LogP contribution >= 0.6 is 12.4 Å². The fourth-order valence-electron chi connectivity index (χ4n) is 3.56. The number of hydrazine groups is 1. The van der Waals surface area contributed by atoms with E-state index in [4.69, 9.17) is 4.74 Å². The first kappa shape index (κ1) is 22.9. The summed E-state index contributed by atoms with van der Waals surface area (Å²) in [5.41, 5.74) is 0.750. The minimum Gasteiger partial charge on any atom is -0.469 e. The van der Waals surface area contributed by atoms with E-state index in [2.05, 4.69) is 5.32 Å². The molecule has 1 atom stereocenters. The highest BCUT2D eigenvalue weighted by Gasteiger charge is 2.43. The normalized spacial score (nSPS) is 19.9. The molecule has 1 N–H and O–H groups in total. The number of carbonyl (C=O) groups excluding carboxylic acids is 3. The maximum atomic E-state index is 13.2. The van der Waals surface area contributed by atoms with Gasteiger partial charge in [-0.3, -0.25) is 14.5 Å². The van der Waals surface area contributed by atoms with Gasteiger partial charge >= 0.3 is 12.0 Å². The Morgan fingerprint density at radius 3 is 2.45 bits per heavy atom. The molecule has 2 heterocycles. The van der Waals surface area contributed by atoms with Crippen molar-refractivity contribution in [1.29, 1.82) is 0 Å². The van der Waals surface area contributed by atoms with Crippen LogP contribution < -0.4 is 10.2 Å². The highest BCUT2D eigenvalue weighted by molar-refractivity contribution is 5.96. The summed E-state index contributed by atoms with van der Waals surface area (Å²) in [7, 11) is 1.34. The minimum atomic E-state index is -0.355. The van der Waals surface area contributed by atoms with Crippen LogP contribution in [0, 0.1) is 0 Å². The Balaban J connectivity index is 0.00000300. The molecule has 0 aliphatic carbocycles. The van der Waals surface area contributed by atoms with Crippen LogP contribution in [0.15, 0.2) is 30.3 Å². The number of ether oxygens (including phenoxy) is 1. The topological polar surface area (TPSA) is 85.4 Å². The number of hydrogen-bond acceptors (Lipinski definition) is 6. The predicted octanol–water partition coefficient (Wildman–Crippen LogP) is 0.908. The van der Waals surface area contributed by atoms with Crippen molar-refractivity contribution in [2.75, 3.05) is 51.3 Å². The van der Waals surface area contributed by atoms with Gasteiger partial charge in [-0.15, -0.1) is 12.4 Å². The SMILES string of the molecule is COC(=O)CCN1C(C)N(c2ccccc2)C(=O)N1CC(=O)N1CCNCC1.Cl. The zero-order chi connectivity index (χ0) is 20.1. The van der Waals surface area contributed by atoms with Crippen molar-refractivity contribution < 1.29 is 19.1 Å².